The third-order valence-electron chi connectivity index (χ3n) is 3.25. The minimum absolute atomic E-state index is 0.137. The van der Waals surface area contributed by atoms with Gasteiger partial charge in [0.1, 0.15) is 12.7 Å². The van der Waals surface area contributed by atoms with Crippen molar-refractivity contribution in [1.29, 1.82) is 0 Å². The van der Waals surface area contributed by atoms with Crippen molar-refractivity contribution in [3.8, 4) is 5.69 Å². The highest BCUT2D eigenvalue weighted by molar-refractivity contribution is 5.97. The van der Waals surface area contributed by atoms with Crippen LogP contribution in [0.3, 0.4) is 0 Å². The van der Waals surface area contributed by atoms with Crippen LogP contribution in [0.5, 0.6) is 0 Å². The van der Waals surface area contributed by atoms with Crippen LogP contribution in [0.15, 0.2) is 61.4 Å². The molecule has 2 heterocycles. The van der Waals surface area contributed by atoms with Gasteiger partial charge in [-0.15, -0.1) is 10.2 Å². The first kappa shape index (κ1) is 14.7. The van der Waals surface area contributed by atoms with Gasteiger partial charge >= 0.3 is 0 Å². The number of nitrogens with one attached hydrogen (secondary N) is 2. The molecule has 1 aromatic carbocycles. The predicted octanol–water partition coefficient (Wildman–Crippen LogP) is 1.50. The molecule has 2 N–H and O–H groups in total. The fraction of sp³-hybridized carbons (Fsp3) is 0.125. The zero-order valence-corrected chi connectivity index (χ0v) is 12.4. The molecule has 0 saturated carbocycles. The van der Waals surface area contributed by atoms with E-state index < -0.39 is 0 Å². The van der Waals surface area contributed by atoms with Crippen LogP contribution in [0.25, 0.3) is 5.69 Å². The number of hydrogen-bond donors (Lipinski definition) is 2. The number of amides is 1. The zero-order valence-electron chi connectivity index (χ0n) is 12.4. The maximum absolute atomic E-state index is 12.4. The number of hydrogen-bond acceptors (Lipinski definition) is 5. The highest BCUT2D eigenvalue weighted by Crippen LogP contribution is 2.13. The van der Waals surface area contributed by atoms with Gasteiger partial charge in [0, 0.05) is 25.5 Å². The third-order valence-corrected chi connectivity index (χ3v) is 3.25. The molecule has 0 radical (unpaired) electrons. The number of para-hydroxylation sites is 1. The molecule has 7 nitrogen and oxygen atoms in total. The smallest absolute Gasteiger partial charge is 0.253 e. The van der Waals surface area contributed by atoms with Crippen LogP contribution < -0.4 is 10.6 Å². The maximum atomic E-state index is 12.4. The van der Waals surface area contributed by atoms with Crippen LogP contribution in [0.4, 0.5) is 5.69 Å². The number of nitrogens with zero attached hydrogens (tertiary/aromatic N) is 4. The Morgan fingerprint density at radius 2 is 1.87 bits per heavy atom. The zero-order chi connectivity index (χ0) is 15.9. The van der Waals surface area contributed by atoms with E-state index >= 15 is 0 Å². The van der Waals surface area contributed by atoms with E-state index in [1.165, 1.54) is 0 Å². The molecule has 0 unspecified atom stereocenters. The Kier molecular flexibility index (Phi) is 4.58. The first-order valence-electron chi connectivity index (χ1n) is 7.21. The lowest BCUT2D eigenvalue weighted by atomic mass is 10.1. The lowest BCUT2D eigenvalue weighted by molar-refractivity contribution is 0.0955. The van der Waals surface area contributed by atoms with Crippen molar-refractivity contribution in [2.45, 2.75) is 0 Å². The minimum Gasteiger partial charge on any atom is -0.382 e. The van der Waals surface area contributed by atoms with Gasteiger partial charge in [0.15, 0.2) is 0 Å². The molecular weight excluding hydrogens is 292 g/mol. The van der Waals surface area contributed by atoms with Gasteiger partial charge in [-0.2, -0.15) is 0 Å². The SMILES string of the molecule is O=C(NCCNc1cccnc1)c1ccccc1-n1cnnc1. The Morgan fingerprint density at radius 3 is 2.65 bits per heavy atom. The molecule has 7 heteroatoms. The van der Waals surface area contributed by atoms with Gasteiger partial charge in [-0.3, -0.25) is 14.3 Å². The van der Waals surface area contributed by atoms with Crippen molar-refractivity contribution in [1.82, 2.24) is 25.1 Å². The predicted molar refractivity (Wildman–Crippen MR) is 86.4 cm³/mol. The molecule has 23 heavy (non-hydrogen) atoms. The van der Waals surface area contributed by atoms with Crippen molar-refractivity contribution in [2.75, 3.05) is 18.4 Å². The lowest BCUT2D eigenvalue weighted by Gasteiger charge is -2.11. The van der Waals surface area contributed by atoms with E-state index in [1.807, 2.05) is 30.3 Å². The number of aromatic nitrogens is 4. The highest BCUT2D eigenvalue weighted by Gasteiger charge is 2.11. The average Bonchev–Trinajstić information content (AvgIpc) is 3.14. The summed E-state index contributed by atoms with van der Waals surface area (Å²) in [4.78, 5) is 16.4. The van der Waals surface area contributed by atoms with E-state index in [1.54, 1.807) is 35.7 Å². The summed E-state index contributed by atoms with van der Waals surface area (Å²) in [5.41, 5.74) is 2.25. The summed E-state index contributed by atoms with van der Waals surface area (Å²) in [6.45, 7) is 1.12. The topological polar surface area (TPSA) is 84.7 Å². The van der Waals surface area contributed by atoms with Gasteiger partial charge < -0.3 is 10.6 Å². The lowest BCUT2D eigenvalue weighted by Crippen LogP contribution is -2.29. The fourth-order valence-corrected chi connectivity index (χ4v) is 2.16. The van der Waals surface area contributed by atoms with Crippen LogP contribution >= 0.6 is 0 Å². The van der Waals surface area contributed by atoms with Crippen molar-refractivity contribution in [3.05, 3.63) is 67.0 Å². The van der Waals surface area contributed by atoms with Crippen molar-refractivity contribution in [2.24, 2.45) is 0 Å². The number of anilines is 1. The Labute approximate surface area is 133 Å². The van der Waals surface area contributed by atoms with Gasteiger partial charge in [0.2, 0.25) is 0 Å². The second-order valence-corrected chi connectivity index (χ2v) is 4.81. The van der Waals surface area contributed by atoms with E-state index in [0.29, 0.717) is 18.7 Å². The summed E-state index contributed by atoms with van der Waals surface area (Å²) in [5.74, 6) is -0.137. The average molecular weight is 308 g/mol. The van der Waals surface area contributed by atoms with Crippen LogP contribution in [-0.4, -0.2) is 38.7 Å². The van der Waals surface area contributed by atoms with E-state index in [2.05, 4.69) is 25.8 Å². The molecule has 0 aliphatic heterocycles. The molecule has 3 rings (SSSR count). The molecular formula is C16H16N6O. The van der Waals surface area contributed by atoms with E-state index in [0.717, 1.165) is 11.4 Å². The molecule has 0 spiro atoms. The monoisotopic (exact) mass is 308 g/mol. The molecule has 2 aromatic heterocycles. The molecule has 1 amide bonds. The number of carbonyl (C=O) groups is 1. The molecule has 0 saturated heterocycles. The molecule has 0 fully saturated rings. The fourth-order valence-electron chi connectivity index (χ4n) is 2.16. The van der Waals surface area contributed by atoms with E-state index in [9.17, 15) is 4.79 Å². The Hall–Kier alpha value is -3.22. The third kappa shape index (κ3) is 3.70. The van der Waals surface area contributed by atoms with Crippen molar-refractivity contribution >= 4 is 11.6 Å². The maximum Gasteiger partial charge on any atom is 0.253 e. The normalized spacial score (nSPS) is 10.3. The number of rotatable bonds is 6. The van der Waals surface area contributed by atoms with Crippen molar-refractivity contribution < 1.29 is 4.79 Å². The van der Waals surface area contributed by atoms with Crippen LogP contribution in [0.2, 0.25) is 0 Å². The molecule has 0 atom stereocenters. The van der Waals surface area contributed by atoms with Gasteiger partial charge in [-0.05, 0) is 24.3 Å². The first-order valence-corrected chi connectivity index (χ1v) is 7.21. The van der Waals surface area contributed by atoms with Gasteiger partial charge in [-0.25, -0.2) is 0 Å². The van der Waals surface area contributed by atoms with Gasteiger partial charge in [0.25, 0.3) is 5.91 Å². The molecule has 3 aromatic rings. The summed E-state index contributed by atoms with van der Waals surface area (Å²) in [5, 5.41) is 13.6. The minimum atomic E-state index is -0.137. The molecule has 0 bridgehead atoms. The standard InChI is InChI=1S/C16H16N6O/c23-16(19-9-8-18-13-4-3-7-17-10-13)14-5-1-2-6-15(14)22-11-20-21-12-22/h1-7,10-12,18H,8-9H2,(H,19,23). The summed E-state index contributed by atoms with van der Waals surface area (Å²) in [7, 11) is 0. The number of carbonyl (C=O) groups excluding carboxylic acids is 1. The summed E-state index contributed by atoms with van der Waals surface area (Å²) in [6, 6.07) is 11.1. The van der Waals surface area contributed by atoms with E-state index in [4.69, 9.17) is 0 Å². The second-order valence-electron chi connectivity index (χ2n) is 4.81. The van der Waals surface area contributed by atoms with Gasteiger partial charge in [-0.1, -0.05) is 12.1 Å². The molecule has 116 valence electrons. The quantitative estimate of drug-likeness (QED) is 0.674. The Balaban J connectivity index is 1.59. The van der Waals surface area contributed by atoms with Crippen molar-refractivity contribution in [3.63, 3.8) is 0 Å². The summed E-state index contributed by atoms with van der Waals surface area (Å²) < 4.78 is 1.71. The Morgan fingerprint density at radius 1 is 1.04 bits per heavy atom. The Bertz CT molecular complexity index is 757. The van der Waals surface area contributed by atoms with Gasteiger partial charge in [0.05, 0.1) is 16.9 Å². The molecule has 0 aliphatic rings. The number of benzene rings is 1. The van der Waals surface area contributed by atoms with E-state index in [-0.39, 0.29) is 5.91 Å². The highest BCUT2D eigenvalue weighted by atomic mass is 16.1. The summed E-state index contributed by atoms with van der Waals surface area (Å²) in [6.07, 6.45) is 6.59. The second kappa shape index (κ2) is 7.17. The first-order chi connectivity index (χ1) is 11.3. The van der Waals surface area contributed by atoms with Crippen LogP contribution in [0.1, 0.15) is 10.4 Å². The van der Waals surface area contributed by atoms with Crippen LogP contribution in [-0.2, 0) is 0 Å². The summed E-state index contributed by atoms with van der Waals surface area (Å²) >= 11 is 0. The number of pyridine rings is 1. The van der Waals surface area contributed by atoms with Crippen LogP contribution in [0, 0.1) is 0 Å². The largest absolute Gasteiger partial charge is 0.382 e. The molecule has 0 aliphatic carbocycles.